The van der Waals surface area contributed by atoms with E-state index in [0.29, 0.717) is 18.0 Å². The van der Waals surface area contributed by atoms with Crippen molar-refractivity contribution in [1.82, 2.24) is 0 Å². The largest absolute Gasteiger partial charge is 0.497 e. The van der Waals surface area contributed by atoms with Gasteiger partial charge in [0, 0.05) is 10.5 Å². The molecule has 1 aromatic carbocycles. The lowest BCUT2D eigenvalue weighted by molar-refractivity contribution is 0.308. The monoisotopic (exact) mass is 313 g/mol. The first-order valence-corrected chi connectivity index (χ1v) is 6.66. The molecule has 0 amide bonds. The third-order valence-electron chi connectivity index (χ3n) is 2.27. The molecule has 0 atom stereocenters. The summed E-state index contributed by atoms with van der Waals surface area (Å²) in [7, 11) is 1.62. The lowest BCUT2D eigenvalue weighted by atomic mass is 10.3. The fourth-order valence-corrected chi connectivity index (χ4v) is 2.72. The zero-order chi connectivity index (χ0) is 12.3. The minimum atomic E-state index is 0.496. The average Bonchev–Trinajstić information content (AvgIpc) is 2.74. The number of hydrogen-bond donors (Lipinski definition) is 1. The Morgan fingerprint density at radius 2 is 2.18 bits per heavy atom. The number of nitrogens with two attached hydrogens (primary N) is 1. The van der Waals surface area contributed by atoms with E-state index in [4.69, 9.17) is 15.2 Å². The summed E-state index contributed by atoms with van der Waals surface area (Å²) in [6.07, 6.45) is 0. The van der Waals surface area contributed by atoms with Gasteiger partial charge in [0.25, 0.3) is 0 Å². The molecule has 2 aromatic rings. The Kier molecular flexibility index (Phi) is 3.91. The molecular formula is C12H12BrNO2S. The van der Waals surface area contributed by atoms with Gasteiger partial charge in [-0.25, -0.2) is 0 Å². The third-order valence-corrected chi connectivity index (χ3v) is 4.17. The van der Waals surface area contributed by atoms with Crippen LogP contribution in [0.5, 0.6) is 11.5 Å². The first-order valence-electron chi connectivity index (χ1n) is 4.99. The molecule has 0 aliphatic rings. The first-order chi connectivity index (χ1) is 8.20. The first kappa shape index (κ1) is 12.3. The van der Waals surface area contributed by atoms with Crippen LogP contribution in [0.4, 0.5) is 5.69 Å². The molecule has 2 N–H and O–H groups in total. The Hall–Kier alpha value is -1.20. The summed E-state index contributed by atoms with van der Waals surface area (Å²) < 4.78 is 11.9. The Labute approximate surface area is 112 Å². The number of hydrogen-bond acceptors (Lipinski definition) is 4. The fourth-order valence-electron chi connectivity index (χ4n) is 1.34. The molecule has 2 rings (SSSR count). The van der Waals surface area contributed by atoms with Crippen LogP contribution in [0, 0.1) is 0 Å². The summed E-state index contributed by atoms with van der Waals surface area (Å²) in [5, 5.41) is 2.01. The highest BCUT2D eigenvalue weighted by atomic mass is 79.9. The van der Waals surface area contributed by atoms with Crippen molar-refractivity contribution >= 4 is 33.0 Å². The molecule has 0 fully saturated rings. The molecule has 0 unspecified atom stereocenters. The van der Waals surface area contributed by atoms with E-state index in [1.807, 2.05) is 17.5 Å². The Morgan fingerprint density at radius 3 is 2.82 bits per heavy atom. The van der Waals surface area contributed by atoms with Crippen LogP contribution in [-0.4, -0.2) is 7.11 Å². The van der Waals surface area contributed by atoms with Crippen LogP contribution in [0.1, 0.15) is 4.88 Å². The molecule has 0 aliphatic carbocycles. The van der Waals surface area contributed by atoms with Gasteiger partial charge >= 0.3 is 0 Å². The zero-order valence-corrected chi connectivity index (χ0v) is 11.7. The van der Waals surface area contributed by atoms with E-state index in [9.17, 15) is 0 Å². The molecule has 90 valence electrons. The van der Waals surface area contributed by atoms with Crippen molar-refractivity contribution in [2.75, 3.05) is 12.8 Å². The van der Waals surface area contributed by atoms with Crippen molar-refractivity contribution in [2.45, 2.75) is 6.61 Å². The molecule has 0 saturated heterocycles. The number of thiophene rings is 1. The van der Waals surface area contributed by atoms with E-state index in [0.717, 1.165) is 15.1 Å². The van der Waals surface area contributed by atoms with Gasteiger partial charge in [-0.3, -0.25) is 0 Å². The number of nitrogen functional groups attached to an aromatic ring is 1. The second-order valence-electron chi connectivity index (χ2n) is 3.38. The van der Waals surface area contributed by atoms with Gasteiger partial charge in [-0.2, -0.15) is 0 Å². The number of ether oxygens (including phenoxy) is 2. The van der Waals surface area contributed by atoms with Crippen molar-refractivity contribution in [2.24, 2.45) is 0 Å². The molecule has 0 spiro atoms. The highest BCUT2D eigenvalue weighted by molar-refractivity contribution is 9.10. The number of anilines is 1. The Balaban J connectivity index is 2.11. The Morgan fingerprint density at radius 1 is 1.35 bits per heavy atom. The quantitative estimate of drug-likeness (QED) is 0.876. The lowest BCUT2D eigenvalue weighted by Crippen LogP contribution is -1.98. The standard InChI is InChI=1S/C12H12BrNO2S/c1-15-8-2-3-10(14)11(6-8)16-7-12-9(13)4-5-17-12/h2-6H,7,14H2,1H3. The topological polar surface area (TPSA) is 44.5 Å². The van der Waals surface area contributed by atoms with Crippen molar-refractivity contribution < 1.29 is 9.47 Å². The number of benzene rings is 1. The molecule has 1 heterocycles. The van der Waals surface area contributed by atoms with Crippen molar-refractivity contribution in [1.29, 1.82) is 0 Å². The van der Waals surface area contributed by atoms with E-state index in [1.165, 1.54) is 0 Å². The summed E-state index contributed by atoms with van der Waals surface area (Å²) in [6.45, 7) is 0.496. The van der Waals surface area contributed by atoms with E-state index in [2.05, 4.69) is 15.9 Å². The average molecular weight is 314 g/mol. The van der Waals surface area contributed by atoms with Gasteiger partial charge in [0.2, 0.25) is 0 Å². The predicted octanol–water partition coefficient (Wildman–Crippen LogP) is 3.68. The maximum atomic E-state index is 5.83. The second-order valence-corrected chi connectivity index (χ2v) is 5.24. The summed E-state index contributed by atoms with van der Waals surface area (Å²) in [5.74, 6) is 1.38. The molecular weight excluding hydrogens is 302 g/mol. The highest BCUT2D eigenvalue weighted by Crippen LogP contribution is 2.29. The second kappa shape index (κ2) is 5.42. The predicted molar refractivity (Wildman–Crippen MR) is 73.8 cm³/mol. The zero-order valence-electron chi connectivity index (χ0n) is 9.27. The van der Waals surface area contributed by atoms with Crippen LogP contribution in [0.2, 0.25) is 0 Å². The van der Waals surface area contributed by atoms with Gasteiger partial charge < -0.3 is 15.2 Å². The Bertz CT molecular complexity index is 513. The summed E-state index contributed by atoms with van der Waals surface area (Å²) in [5.41, 5.74) is 6.44. The van der Waals surface area contributed by atoms with Crippen molar-refractivity contribution in [3.8, 4) is 11.5 Å². The van der Waals surface area contributed by atoms with Crippen LogP contribution in [0.15, 0.2) is 34.1 Å². The normalized spacial score (nSPS) is 10.2. The van der Waals surface area contributed by atoms with Crippen LogP contribution in [0.25, 0.3) is 0 Å². The number of rotatable bonds is 4. The molecule has 0 bridgehead atoms. The van der Waals surface area contributed by atoms with Gasteiger partial charge in [-0.05, 0) is 39.5 Å². The maximum Gasteiger partial charge on any atom is 0.146 e. The van der Waals surface area contributed by atoms with Gasteiger partial charge in [-0.15, -0.1) is 11.3 Å². The molecule has 17 heavy (non-hydrogen) atoms. The van der Waals surface area contributed by atoms with Crippen molar-refractivity contribution in [3.05, 3.63) is 39.0 Å². The lowest BCUT2D eigenvalue weighted by Gasteiger charge is -2.09. The summed E-state index contributed by atoms with van der Waals surface area (Å²) in [6, 6.07) is 7.37. The summed E-state index contributed by atoms with van der Waals surface area (Å²) in [4.78, 5) is 1.13. The SMILES string of the molecule is COc1ccc(N)c(OCc2sccc2Br)c1. The minimum absolute atomic E-state index is 0.496. The van der Waals surface area contributed by atoms with Gasteiger partial charge in [-0.1, -0.05) is 0 Å². The molecule has 1 aromatic heterocycles. The van der Waals surface area contributed by atoms with Crippen LogP contribution in [-0.2, 0) is 6.61 Å². The van der Waals surface area contributed by atoms with E-state index in [-0.39, 0.29) is 0 Å². The molecule has 0 saturated carbocycles. The molecule has 5 heteroatoms. The van der Waals surface area contributed by atoms with E-state index < -0.39 is 0 Å². The van der Waals surface area contributed by atoms with E-state index in [1.54, 1.807) is 30.6 Å². The summed E-state index contributed by atoms with van der Waals surface area (Å²) >= 11 is 5.10. The van der Waals surface area contributed by atoms with Crippen LogP contribution < -0.4 is 15.2 Å². The number of methoxy groups -OCH3 is 1. The van der Waals surface area contributed by atoms with Crippen LogP contribution in [0.3, 0.4) is 0 Å². The van der Waals surface area contributed by atoms with Crippen LogP contribution >= 0.6 is 27.3 Å². The van der Waals surface area contributed by atoms with Gasteiger partial charge in [0.05, 0.1) is 17.7 Å². The van der Waals surface area contributed by atoms with Crippen molar-refractivity contribution in [3.63, 3.8) is 0 Å². The highest BCUT2D eigenvalue weighted by Gasteiger charge is 2.06. The molecule has 0 aliphatic heterocycles. The maximum absolute atomic E-state index is 5.83. The fraction of sp³-hybridized carbons (Fsp3) is 0.167. The van der Waals surface area contributed by atoms with Gasteiger partial charge in [0.1, 0.15) is 18.1 Å². The van der Waals surface area contributed by atoms with Gasteiger partial charge in [0.15, 0.2) is 0 Å². The smallest absolute Gasteiger partial charge is 0.146 e. The third kappa shape index (κ3) is 2.92. The minimum Gasteiger partial charge on any atom is -0.497 e. The molecule has 0 radical (unpaired) electrons. The number of halogens is 1. The molecule has 3 nitrogen and oxygen atoms in total. The van der Waals surface area contributed by atoms with E-state index >= 15 is 0 Å².